The largest absolute Gasteiger partial charge is 0.497 e. The first-order valence-electron chi connectivity index (χ1n) is 3.66. The predicted octanol–water partition coefficient (Wildman–Crippen LogP) is 2.35. The average Bonchev–Trinajstić information content (AvgIpc) is 2.05. The molecule has 0 saturated heterocycles. The van der Waals surface area contributed by atoms with E-state index in [2.05, 4.69) is 22.6 Å². The molecule has 0 aliphatic rings. The van der Waals surface area contributed by atoms with Crippen LogP contribution < -0.4 is 4.74 Å². The van der Waals surface area contributed by atoms with Gasteiger partial charge < -0.3 is 9.84 Å². The lowest BCUT2D eigenvalue weighted by Gasteiger charge is -2.09. The molecule has 0 radical (unpaired) electrons. The Kier molecular flexibility index (Phi) is 3.34. The Morgan fingerprint density at radius 3 is 2.67 bits per heavy atom. The van der Waals surface area contributed by atoms with E-state index in [1.54, 1.807) is 14.0 Å². The fraction of sp³-hybridized carbons (Fsp3) is 0.333. The maximum atomic E-state index is 9.36. The number of aliphatic hydroxyl groups is 1. The standard InChI is InChI=1S/C9H11IO2/c1-6(11)8-5-7(12-2)3-4-9(8)10/h3-6,11H,1-2H3. The van der Waals surface area contributed by atoms with Gasteiger partial charge in [-0.15, -0.1) is 0 Å². The summed E-state index contributed by atoms with van der Waals surface area (Å²) in [5, 5.41) is 9.36. The summed E-state index contributed by atoms with van der Waals surface area (Å²) in [6, 6.07) is 5.67. The van der Waals surface area contributed by atoms with Crippen LogP contribution in [-0.4, -0.2) is 12.2 Å². The van der Waals surface area contributed by atoms with Crippen LogP contribution in [0.1, 0.15) is 18.6 Å². The number of aliphatic hydroxyl groups excluding tert-OH is 1. The van der Waals surface area contributed by atoms with Gasteiger partial charge in [-0.25, -0.2) is 0 Å². The van der Waals surface area contributed by atoms with Crippen molar-refractivity contribution >= 4 is 22.6 Å². The van der Waals surface area contributed by atoms with Gasteiger partial charge in [0, 0.05) is 3.57 Å². The zero-order valence-electron chi connectivity index (χ0n) is 7.04. The van der Waals surface area contributed by atoms with Gasteiger partial charge in [0.2, 0.25) is 0 Å². The second-order valence-electron chi connectivity index (χ2n) is 2.56. The normalized spacial score (nSPS) is 12.7. The smallest absolute Gasteiger partial charge is 0.119 e. The molecule has 1 atom stereocenters. The maximum absolute atomic E-state index is 9.36. The number of ether oxygens (including phenoxy) is 1. The molecule has 1 unspecified atom stereocenters. The molecular weight excluding hydrogens is 267 g/mol. The molecule has 0 aromatic heterocycles. The third-order valence-corrected chi connectivity index (χ3v) is 2.64. The number of rotatable bonds is 2. The summed E-state index contributed by atoms with van der Waals surface area (Å²) in [5.41, 5.74) is 0.912. The minimum absolute atomic E-state index is 0.438. The van der Waals surface area contributed by atoms with Crippen LogP contribution in [0.4, 0.5) is 0 Å². The fourth-order valence-corrected chi connectivity index (χ4v) is 1.76. The highest BCUT2D eigenvalue weighted by Crippen LogP contribution is 2.24. The average molecular weight is 278 g/mol. The molecule has 0 saturated carbocycles. The van der Waals surface area contributed by atoms with Gasteiger partial charge in [0.15, 0.2) is 0 Å². The van der Waals surface area contributed by atoms with Gasteiger partial charge in [-0.3, -0.25) is 0 Å². The quantitative estimate of drug-likeness (QED) is 0.841. The third kappa shape index (κ3) is 2.10. The monoisotopic (exact) mass is 278 g/mol. The molecule has 1 rings (SSSR count). The summed E-state index contributed by atoms with van der Waals surface area (Å²) < 4.78 is 6.10. The SMILES string of the molecule is COc1ccc(I)c(C(C)O)c1. The van der Waals surface area contributed by atoms with Crippen molar-refractivity contribution < 1.29 is 9.84 Å². The minimum atomic E-state index is -0.438. The summed E-state index contributed by atoms with van der Waals surface area (Å²) in [7, 11) is 1.62. The summed E-state index contributed by atoms with van der Waals surface area (Å²) in [6.07, 6.45) is -0.438. The van der Waals surface area contributed by atoms with Gasteiger partial charge in [-0.05, 0) is 53.3 Å². The fourth-order valence-electron chi connectivity index (χ4n) is 0.969. The van der Waals surface area contributed by atoms with E-state index in [4.69, 9.17) is 4.74 Å². The Balaban J connectivity index is 3.08. The first-order valence-corrected chi connectivity index (χ1v) is 4.74. The molecule has 0 heterocycles. The zero-order valence-corrected chi connectivity index (χ0v) is 9.20. The molecule has 0 amide bonds. The molecule has 0 aliphatic carbocycles. The van der Waals surface area contributed by atoms with Crippen molar-refractivity contribution in [2.75, 3.05) is 7.11 Å². The molecule has 0 aliphatic heterocycles. The Morgan fingerprint density at radius 1 is 1.50 bits per heavy atom. The van der Waals surface area contributed by atoms with Crippen molar-refractivity contribution in [1.29, 1.82) is 0 Å². The van der Waals surface area contributed by atoms with Crippen molar-refractivity contribution in [2.24, 2.45) is 0 Å². The van der Waals surface area contributed by atoms with E-state index in [-0.39, 0.29) is 0 Å². The van der Waals surface area contributed by atoms with Gasteiger partial charge in [0.25, 0.3) is 0 Å². The minimum Gasteiger partial charge on any atom is -0.497 e. The third-order valence-electron chi connectivity index (χ3n) is 1.65. The lowest BCUT2D eigenvalue weighted by atomic mass is 10.1. The topological polar surface area (TPSA) is 29.5 Å². The van der Waals surface area contributed by atoms with Crippen LogP contribution in [0.15, 0.2) is 18.2 Å². The zero-order chi connectivity index (χ0) is 9.14. The van der Waals surface area contributed by atoms with Crippen molar-refractivity contribution in [1.82, 2.24) is 0 Å². The highest BCUT2D eigenvalue weighted by atomic mass is 127. The summed E-state index contributed by atoms with van der Waals surface area (Å²) >= 11 is 2.19. The van der Waals surface area contributed by atoms with Crippen molar-refractivity contribution in [3.8, 4) is 5.75 Å². The number of benzene rings is 1. The van der Waals surface area contributed by atoms with E-state index < -0.39 is 6.10 Å². The number of hydrogen-bond acceptors (Lipinski definition) is 2. The van der Waals surface area contributed by atoms with E-state index in [1.807, 2.05) is 18.2 Å². The van der Waals surface area contributed by atoms with Crippen molar-refractivity contribution in [2.45, 2.75) is 13.0 Å². The molecule has 3 heteroatoms. The Morgan fingerprint density at radius 2 is 2.17 bits per heavy atom. The Bertz CT molecular complexity index is 271. The number of halogens is 1. The summed E-state index contributed by atoms with van der Waals surface area (Å²) in [4.78, 5) is 0. The van der Waals surface area contributed by atoms with Crippen LogP contribution in [0, 0.1) is 3.57 Å². The van der Waals surface area contributed by atoms with Gasteiger partial charge >= 0.3 is 0 Å². The molecule has 1 aromatic carbocycles. The van der Waals surface area contributed by atoms with E-state index in [1.165, 1.54) is 0 Å². The summed E-state index contributed by atoms with van der Waals surface area (Å²) in [5.74, 6) is 0.784. The number of methoxy groups -OCH3 is 1. The van der Waals surface area contributed by atoms with E-state index in [9.17, 15) is 5.11 Å². The molecule has 0 spiro atoms. The molecule has 0 fully saturated rings. The van der Waals surface area contributed by atoms with E-state index in [0.29, 0.717) is 0 Å². The van der Waals surface area contributed by atoms with E-state index in [0.717, 1.165) is 14.9 Å². The van der Waals surface area contributed by atoms with Crippen LogP contribution >= 0.6 is 22.6 Å². The van der Waals surface area contributed by atoms with Crippen LogP contribution in [0.2, 0.25) is 0 Å². The van der Waals surface area contributed by atoms with Crippen molar-refractivity contribution in [3.63, 3.8) is 0 Å². The van der Waals surface area contributed by atoms with Crippen LogP contribution in [0.25, 0.3) is 0 Å². The maximum Gasteiger partial charge on any atom is 0.119 e. The molecule has 1 aromatic rings. The summed E-state index contributed by atoms with van der Waals surface area (Å²) in [6.45, 7) is 1.75. The Hall–Kier alpha value is -0.290. The van der Waals surface area contributed by atoms with Gasteiger partial charge in [0.1, 0.15) is 5.75 Å². The predicted molar refractivity (Wildman–Crippen MR) is 56.3 cm³/mol. The molecule has 12 heavy (non-hydrogen) atoms. The van der Waals surface area contributed by atoms with Crippen molar-refractivity contribution in [3.05, 3.63) is 27.3 Å². The lowest BCUT2D eigenvalue weighted by molar-refractivity contribution is 0.198. The van der Waals surface area contributed by atoms with Crippen LogP contribution in [-0.2, 0) is 0 Å². The van der Waals surface area contributed by atoms with Crippen LogP contribution in [0.5, 0.6) is 5.75 Å². The lowest BCUT2D eigenvalue weighted by Crippen LogP contribution is -1.95. The second-order valence-corrected chi connectivity index (χ2v) is 3.73. The second kappa shape index (κ2) is 4.09. The molecular formula is C9H11IO2. The van der Waals surface area contributed by atoms with Gasteiger partial charge in [0.05, 0.1) is 13.2 Å². The van der Waals surface area contributed by atoms with Gasteiger partial charge in [-0.1, -0.05) is 0 Å². The Labute approximate surface area is 85.7 Å². The van der Waals surface area contributed by atoms with Crippen LogP contribution in [0.3, 0.4) is 0 Å². The highest BCUT2D eigenvalue weighted by Gasteiger charge is 2.06. The number of hydrogen-bond donors (Lipinski definition) is 1. The van der Waals surface area contributed by atoms with E-state index >= 15 is 0 Å². The molecule has 1 N–H and O–H groups in total. The molecule has 2 nitrogen and oxygen atoms in total. The van der Waals surface area contributed by atoms with Gasteiger partial charge in [-0.2, -0.15) is 0 Å². The molecule has 0 bridgehead atoms. The first kappa shape index (κ1) is 9.80. The first-order chi connectivity index (χ1) is 5.65. The molecule has 66 valence electrons. The highest BCUT2D eigenvalue weighted by molar-refractivity contribution is 14.1.